The number of aliphatic hydroxyl groups excluding tert-OH is 2. The third-order valence-corrected chi connectivity index (χ3v) is 2.66. The Hall–Kier alpha value is -1.79. The smallest absolute Gasteiger partial charge is 0.265 e. The summed E-state index contributed by atoms with van der Waals surface area (Å²) in [7, 11) is 0. The molecule has 2 unspecified atom stereocenters. The summed E-state index contributed by atoms with van der Waals surface area (Å²) < 4.78 is 5.42. The fraction of sp³-hybridized carbons (Fsp3) is 0.417. The summed E-state index contributed by atoms with van der Waals surface area (Å²) in [6, 6.07) is 5.26. The lowest BCUT2D eigenvalue weighted by atomic mass is 10.2. The van der Waals surface area contributed by atoms with Gasteiger partial charge in [0.25, 0.3) is 5.91 Å². The van der Waals surface area contributed by atoms with Crippen LogP contribution in [-0.2, 0) is 4.79 Å². The average Bonchev–Trinajstić information content (AvgIpc) is 2.37. The molecule has 1 aliphatic heterocycles. The number of anilines is 2. The Morgan fingerprint density at radius 2 is 2.33 bits per heavy atom. The Labute approximate surface area is 105 Å². The molecule has 0 radical (unpaired) electrons. The Kier molecular flexibility index (Phi) is 3.69. The van der Waals surface area contributed by atoms with E-state index in [1.807, 2.05) is 0 Å². The fourth-order valence-electron chi connectivity index (χ4n) is 1.62. The lowest BCUT2D eigenvalue weighted by Gasteiger charge is -2.24. The standard InChI is InChI=1S/C12H16N2O4/c1-7-12(17)14-10-4-8(2-3-11(10)18-7)13-5-9(16)6-15/h2-4,7,9,13,15-16H,5-6H2,1H3,(H,14,17). The van der Waals surface area contributed by atoms with E-state index < -0.39 is 12.2 Å². The van der Waals surface area contributed by atoms with Gasteiger partial charge in [-0.15, -0.1) is 0 Å². The van der Waals surface area contributed by atoms with Gasteiger partial charge in [-0.25, -0.2) is 0 Å². The van der Waals surface area contributed by atoms with Gasteiger partial charge in [0.1, 0.15) is 5.75 Å². The van der Waals surface area contributed by atoms with Crippen LogP contribution in [0.1, 0.15) is 6.92 Å². The van der Waals surface area contributed by atoms with E-state index in [9.17, 15) is 9.90 Å². The monoisotopic (exact) mass is 252 g/mol. The molecular weight excluding hydrogens is 236 g/mol. The van der Waals surface area contributed by atoms with Crippen LogP contribution in [0.3, 0.4) is 0 Å². The minimum absolute atomic E-state index is 0.185. The summed E-state index contributed by atoms with van der Waals surface area (Å²) in [6.45, 7) is 1.62. The lowest BCUT2D eigenvalue weighted by molar-refractivity contribution is -0.122. The molecule has 0 aliphatic carbocycles. The van der Waals surface area contributed by atoms with Crippen molar-refractivity contribution in [2.24, 2.45) is 0 Å². The molecule has 0 spiro atoms. The quantitative estimate of drug-likeness (QED) is 0.613. The van der Waals surface area contributed by atoms with Gasteiger partial charge in [-0.1, -0.05) is 0 Å². The van der Waals surface area contributed by atoms with Crippen molar-refractivity contribution in [2.45, 2.75) is 19.1 Å². The molecule has 1 amide bonds. The number of hydrogen-bond acceptors (Lipinski definition) is 5. The first-order valence-corrected chi connectivity index (χ1v) is 5.74. The van der Waals surface area contributed by atoms with Crippen molar-refractivity contribution in [3.8, 4) is 5.75 Å². The molecular formula is C12H16N2O4. The van der Waals surface area contributed by atoms with Crippen LogP contribution in [0.15, 0.2) is 18.2 Å². The number of amides is 1. The number of aliphatic hydroxyl groups is 2. The second-order valence-electron chi connectivity index (χ2n) is 4.18. The maximum absolute atomic E-state index is 11.5. The van der Waals surface area contributed by atoms with E-state index in [-0.39, 0.29) is 19.1 Å². The third-order valence-electron chi connectivity index (χ3n) is 2.66. The summed E-state index contributed by atoms with van der Waals surface area (Å²) in [5, 5.41) is 23.6. The molecule has 1 aliphatic rings. The van der Waals surface area contributed by atoms with Gasteiger partial charge < -0.3 is 25.6 Å². The molecule has 98 valence electrons. The van der Waals surface area contributed by atoms with Gasteiger partial charge >= 0.3 is 0 Å². The average molecular weight is 252 g/mol. The highest BCUT2D eigenvalue weighted by atomic mass is 16.5. The topological polar surface area (TPSA) is 90.8 Å². The second-order valence-corrected chi connectivity index (χ2v) is 4.18. The normalized spacial score (nSPS) is 19.5. The molecule has 0 saturated heterocycles. The molecule has 6 heteroatoms. The van der Waals surface area contributed by atoms with Gasteiger partial charge in [0, 0.05) is 12.2 Å². The molecule has 1 aromatic rings. The van der Waals surface area contributed by atoms with E-state index in [4.69, 9.17) is 9.84 Å². The predicted octanol–water partition coefficient (Wildman–Crippen LogP) is 0.171. The van der Waals surface area contributed by atoms with E-state index in [1.54, 1.807) is 25.1 Å². The number of fused-ring (bicyclic) bond motifs is 1. The highest BCUT2D eigenvalue weighted by molar-refractivity contribution is 5.98. The number of rotatable bonds is 4. The van der Waals surface area contributed by atoms with Gasteiger partial charge in [0.05, 0.1) is 18.4 Å². The number of benzene rings is 1. The van der Waals surface area contributed by atoms with Crippen molar-refractivity contribution in [3.63, 3.8) is 0 Å². The minimum Gasteiger partial charge on any atom is -0.479 e. The van der Waals surface area contributed by atoms with Crippen LogP contribution in [0.5, 0.6) is 5.75 Å². The van der Waals surface area contributed by atoms with Crippen molar-refractivity contribution in [1.29, 1.82) is 0 Å². The zero-order chi connectivity index (χ0) is 13.1. The maximum Gasteiger partial charge on any atom is 0.265 e. The van der Waals surface area contributed by atoms with Crippen molar-refractivity contribution < 1.29 is 19.7 Å². The first-order chi connectivity index (χ1) is 8.60. The van der Waals surface area contributed by atoms with Crippen molar-refractivity contribution in [2.75, 3.05) is 23.8 Å². The van der Waals surface area contributed by atoms with E-state index >= 15 is 0 Å². The summed E-state index contributed by atoms with van der Waals surface area (Å²) in [6.07, 6.45) is -1.31. The zero-order valence-electron chi connectivity index (χ0n) is 10.0. The van der Waals surface area contributed by atoms with E-state index in [2.05, 4.69) is 10.6 Å². The second kappa shape index (κ2) is 5.24. The number of hydrogen-bond donors (Lipinski definition) is 4. The molecule has 2 rings (SSSR count). The van der Waals surface area contributed by atoms with E-state index in [0.29, 0.717) is 11.4 Å². The van der Waals surface area contributed by atoms with Gasteiger partial charge in [0.2, 0.25) is 0 Å². The van der Waals surface area contributed by atoms with E-state index in [0.717, 1.165) is 5.69 Å². The Balaban J connectivity index is 2.08. The Morgan fingerprint density at radius 3 is 3.06 bits per heavy atom. The Bertz CT molecular complexity index is 450. The van der Waals surface area contributed by atoms with Crippen LogP contribution in [-0.4, -0.2) is 41.5 Å². The molecule has 1 aromatic carbocycles. The first-order valence-electron chi connectivity index (χ1n) is 5.74. The summed E-state index contributed by atoms with van der Waals surface area (Å²) in [5.41, 5.74) is 1.33. The lowest BCUT2D eigenvalue weighted by Crippen LogP contribution is -2.34. The van der Waals surface area contributed by atoms with Crippen molar-refractivity contribution in [1.82, 2.24) is 0 Å². The van der Waals surface area contributed by atoms with Crippen LogP contribution in [0, 0.1) is 0 Å². The van der Waals surface area contributed by atoms with Gasteiger partial charge in [-0.05, 0) is 25.1 Å². The largest absolute Gasteiger partial charge is 0.479 e. The predicted molar refractivity (Wildman–Crippen MR) is 66.7 cm³/mol. The van der Waals surface area contributed by atoms with Crippen molar-refractivity contribution in [3.05, 3.63) is 18.2 Å². The molecule has 1 heterocycles. The van der Waals surface area contributed by atoms with Crippen molar-refractivity contribution >= 4 is 17.3 Å². The number of carbonyl (C=O) groups is 1. The molecule has 6 nitrogen and oxygen atoms in total. The van der Waals surface area contributed by atoms with Crippen LogP contribution in [0.4, 0.5) is 11.4 Å². The number of nitrogens with one attached hydrogen (secondary N) is 2. The maximum atomic E-state index is 11.5. The summed E-state index contributed by atoms with van der Waals surface area (Å²) >= 11 is 0. The first kappa shape index (κ1) is 12.7. The molecule has 18 heavy (non-hydrogen) atoms. The highest BCUT2D eigenvalue weighted by Gasteiger charge is 2.23. The van der Waals surface area contributed by atoms with Gasteiger partial charge in [-0.2, -0.15) is 0 Å². The molecule has 0 fully saturated rings. The van der Waals surface area contributed by atoms with E-state index in [1.165, 1.54) is 0 Å². The SMILES string of the molecule is CC1Oc2ccc(NCC(O)CO)cc2NC1=O. The van der Waals surface area contributed by atoms with Gasteiger partial charge in [0.15, 0.2) is 6.10 Å². The van der Waals surface area contributed by atoms with Crippen LogP contribution >= 0.6 is 0 Å². The van der Waals surface area contributed by atoms with Crippen LogP contribution in [0.2, 0.25) is 0 Å². The van der Waals surface area contributed by atoms with Crippen LogP contribution < -0.4 is 15.4 Å². The Morgan fingerprint density at radius 1 is 1.56 bits per heavy atom. The minimum atomic E-state index is -0.813. The molecule has 2 atom stereocenters. The fourth-order valence-corrected chi connectivity index (χ4v) is 1.62. The third kappa shape index (κ3) is 2.72. The number of carbonyl (C=O) groups excluding carboxylic acids is 1. The zero-order valence-corrected chi connectivity index (χ0v) is 10.0. The molecule has 0 bridgehead atoms. The van der Waals surface area contributed by atoms with Crippen LogP contribution in [0.25, 0.3) is 0 Å². The molecule has 0 aromatic heterocycles. The number of ether oxygens (including phenoxy) is 1. The molecule has 0 saturated carbocycles. The summed E-state index contributed by atoms with van der Waals surface area (Å²) in [5.74, 6) is 0.436. The van der Waals surface area contributed by atoms with Gasteiger partial charge in [-0.3, -0.25) is 4.79 Å². The molecule has 4 N–H and O–H groups in total. The summed E-state index contributed by atoms with van der Waals surface area (Å²) in [4.78, 5) is 11.5. The highest BCUT2D eigenvalue weighted by Crippen LogP contribution is 2.31.